The lowest BCUT2D eigenvalue weighted by Crippen LogP contribution is -2.02. The second-order valence-electron chi connectivity index (χ2n) is 3.04. The molecule has 0 fully saturated rings. The maximum atomic E-state index is 9.32. The first-order chi connectivity index (χ1) is 6.31. The molecular formula is C11H20O2. The molecule has 0 heterocycles. The van der Waals surface area contributed by atoms with Gasteiger partial charge in [0, 0.05) is 0 Å². The summed E-state index contributed by atoms with van der Waals surface area (Å²) in [4.78, 5) is 0. The highest BCUT2D eigenvalue weighted by Crippen LogP contribution is 2.04. The minimum absolute atomic E-state index is 0.511. The molecule has 13 heavy (non-hydrogen) atoms. The highest BCUT2D eigenvalue weighted by molar-refractivity contribution is 4.98. The average Bonchev–Trinajstić information content (AvgIpc) is 2.13. The van der Waals surface area contributed by atoms with Crippen LogP contribution >= 0.6 is 0 Å². The van der Waals surface area contributed by atoms with E-state index >= 15 is 0 Å². The summed E-state index contributed by atoms with van der Waals surface area (Å²) in [7, 11) is 0. The Kier molecular flexibility index (Phi) is 8.92. The highest BCUT2D eigenvalue weighted by Gasteiger charge is 1.97. The molecule has 0 unspecified atom stereocenters. The van der Waals surface area contributed by atoms with Crippen molar-refractivity contribution in [2.75, 3.05) is 6.61 Å². The normalized spacial score (nSPS) is 11.6. The summed E-state index contributed by atoms with van der Waals surface area (Å²) in [6, 6.07) is 0. The van der Waals surface area contributed by atoms with Gasteiger partial charge < -0.3 is 9.84 Å². The van der Waals surface area contributed by atoms with Crippen LogP contribution in [-0.4, -0.2) is 17.8 Å². The molecule has 0 aromatic heterocycles. The van der Waals surface area contributed by atoms with E-state index in [1.807, 2.05) is 6.92 Å². The van der Waals surface area contributed by atoms with E-state index in [0.717, 1.165) is 12.8 Å². The van der Waals surface area contributed by atoms with Gasteiger partial charge in [-0.05, 0) is 25.7 Å². The van der Waals surface area contributed by atoms with Gasteiger partial charge in [0.25, 0.3) is 0 Å². The molecule has 0 aromatic rings. The Labute approximate surface area is 81.3 Å². The Hall–Kier alpha value is -0.680. The van der Waals surface area contributed by atoms with E-state index in [1.54, 1.807) is 0 Å². The van der Waals surface area contributed by atoms with Crippen molar-refractivity contribution < 1.29 is 9.84 Å². The fraction of sp³-hybridized carbons (Fsp3) is 0.818. The SMILES string of the molecule is CCCCCC[C@@H](O)C#COCC. The van der Waals surface area contributed by atoms with Crippen molar-refractivity contribution in [3.63, 3.8) is 0 Å². The Bertz CT molecular complexity index is 155. The van der Waals surface area contributed by atoms with Gasteiger partial charge >= 0.3 is 0 Å². The van der Waals surface area contributed by atoms with Gasteiger partial charge in [-0.2, -0.15) is 0 Å². The molecule has 1 N–H and O–H groups in total. The van der Waals surface area contributed by atoms with E-state index in [0.29, 0.717) is 6.61 Å². The molecule has 0 radical (unpaired) electrons. The van der Waals surface area contributed by atoms with Crippen LogP contribution in [0.4, 0.5) is 0 Å². The summed E-state index contributed by atoms with van der Waals surface area (Å²) in [5.74, 6) is 2.64. The summed E-state index contributed by atoms with van der Waals surface area (Å²) < 4.78 is 4.81. The summed E-state index contributed by atoms with van der Waals surface area (Å²) in [5, 5.41) is 9.32. The fourth-order valence-corrected chi connectivity index (χ4v) is 1.02. The minimum Gasteiger partial charge on any atom is -0.447 e. The molecule has 0 amide bonds. The molecule has 1 atom stereocenters. The first-order valence-electron chi connectivity index (χ1n) is 5.11. The van der Waals surface area contributed by atoms with Crippen LogP contribution < -0.4 is 0 Å². The van der Waals surface area contributed by atoms with Crippen LogP contribution in [0.3, 0.4) is 0 Å². The lowest BCUT2D eigenvalue weighted by atomic mass is 10.1. The Morgan fingerprint density at radius 1 is 1.23 bits per heavy atom. The van der Waals surface area contributed by atoms with E-state index in [2.05, 4.69) is 19.0 Å². The van der Waals surface area contributed by atoms with Crippen molar-refractivity contribution >= 4 is 0 Å². The number of aliphatic hydroxyl groups excluding tert-OH is 1. The molecule has 0 aromatic carbocycles. The molecule has 2 nitrogen and oxygen atoms in total. The van der Waals surface area contributed by atoms with Crippen molar-refractivity contribution in [2.45, 2.75) is 52.1 Å². The summed E-state index contributed by atoms with van der Waals surface area (Å²) in [5.41, 5.74) is 0. The second-order valence-corrected chi connectivity index (χ2v) is 3.04. The zero-order valence-electron chi connectivity index (χ0n) is 8.68. The van der Waals surface area contributed by atoms with Crippen LogP contribution in [-0.2, 0) is 4.74 Å². The minimum atomic E-state index is -0.511. The predicted molar refractivity (Wildman–Crippen MR) is 54.2 cm³/mol. The average molecular weight is 184 g/mol. The van der Waals surface area contributed by atoms with Crippen molar-refractivity contribution in [3.05, 3.63) is 0 Å². The van der Waals surface area contributed by atoms with Gasteiger partial charge in [-0.3, -0.25) is 0 Å². The fourth-order valence-electron chi connectivity index (χ4n) is 1.02. The summed E-state index contributed by atoms with van der Waals surface area (Å²) >= 11 is 0. The van der Waals surface area contributed by atoms with E-state index in [9.17, 15) is 5.11 Å². The van der Waals surface area contributed by atoms with E-state index in [4.69, 9.17) is 4.74 Å². The molecule has 0 saturated heterocycles. The van der Waals surface area contributed by atoms with Crippen LogP contribution in [0.2, 0.25) is 0 Å². The van der Waals surface area contributed by atoms with Gasteiger partial charge in [0.05, 0.1) is 6.61 Å². The molecule has 2 heteroatoms. The maximum absolute atomic E-state index is 9.32. The lowest BCUT2D eigenvalue weighted by Gasteiger charge is -2.01. The third kappa shape index (κ3) is 9.23. The van der Waals surface area contributed by atoms with Crippen LogP contribution in [0.15, 0.2) is 0 Å². The van der Waals surface area contributed by atoms with Crippen LogP contribution in [0.5, 0.6) is 0 Å². The predicted octanol–water partition coefficient (Wildman–Crippen LogP) is 2.32. The number of hydrogen-bond donors (Lipinski definition) is 1. The van der Waals surface area contributed by atoms with E-state index < -0.39 is 6.10 Å². The van der Waals surface area contributed by atoms with E-state index in [-0.39, 0.29) is 0 Å². The van der Waals surface area contributed by atoms with Crippen molar-refractivity contribution in [2.24, 2.45) is 0 Å². The Morgan fingerprint density at radius 3 is 2.62 bits per heavy atom. The van der Waals surface area contributed by atoms with Gasteiger partial charge in [0.2, 0.25) is 0 Å². The largest absolute Gasteiger partial charge is 0.447 e. The summed E-state index contributed by atoms with van der Waals surface area (Å²) in [6.45, 7) is 4.63. The molecule has 0 aliphatic carbocycles. The molecule has 0 aliphatic heterocycles. The van der Waals surface area contributed by atoms with Gasteiger partial charge in [-0.1, -0.05) is 26.2 Å². The number of aliphatic hydroxyl groups is 1. The number of unbranched alkanes of at least 4 members (excludes halogenated alkanes) is 3. The van der Waals surface area contributed by atoms with Gasteiger partial charge in [-0.25, -0.2) is 0 Å². The molecule has 76 valence electrons. The smallest absolute Gasteiger partial charge is 0.118 e. The maximum Gasteiger partial charge on any atom is 0.118 e. The standard InChI is InChI=1S/C11H20O2/c1-3-5-6-7-8-11(12)9-10-13-4-2/h11-12H,3-8H2,1-2H3/t11-/m1/s1. The van der Waals surface area contributed by atoms with Gasteiger partial charge in [-0.15, -0.1) is 0 Å². The number of rotatable bonds is 6. The molecule has 0 rings (SSSR count). The monoisotopic (exact) mass is 184 g/mol. The van der Waals surface area contributed by atoms with Gasteiger partial charge in [0.1, 0.15) is 12.2 Å². The molecule has 0 spiro atoms. The molecule has 0 saturated carbocycles. The first kappa shape index (κ1) is 12.3. The first-order valence-corrected chi connectivity index (χ1v) is 5.11. The molecule has 0 bridgehead atoms. The lowest BCUT2D eigenvalue weighted by molar-refractivity contribution is 0.214. The zero-order chi connectivity index (χ0) is 9.94. The molecule has 0 aliphatic rings. The van der Waals surface area contributed by atoms with Crippen molar-refractivity contribution in [3.8, 4) is 12.0 Å². The Balaban J connectivity index is 3.30. The molecular weight excluding hydrogens is 164 g/mol. The van der Waals surface area contributed by atoms with Crippen LogP contribution in [0.1, 0.15) is 46.0 Å². The van der Waals surface area contributed by atoms with Gasteiger partial charge in [0.15, 0.2) is 0 Å². The topological polar surface area (TPSA) is 29.5 Å². The number of ether oxygens (including phenoxy) is 1. The van der Waals surface area contributed by atoms with Crippen molar-refractivity contribution in [1.29, 1.82) is 0 Å². The van der Waals surface area contributed by atoms with Crippen molar-refractivity contribution in [1.82, 2.24) is 0 Å². The Morgan fingerprint density at radius 2 is 2.00 bits per heavy atom. The third-order valence-corrected chi connectivity index (χ3v) is 1.77. The van der Waals surface area contributed by atoms with E-state index in [1.165, 1.54) is 19.3 Å². The number of hydrogen-bond acceptors (Lipinski definition) is 2. The second kappa shape index (κ2) is 9.41. The third-order valence-electron chi connectivity index (χ3n) is 1.77. The van der Waals surface area contributed by atoms with Crippen LogP contribution in [0.25, 0.3) is 0 Å². The zero-order valence-corrected chi connectivity index (χ0v) is 8.68. The van der Waals surface area contributed by atoms with Crippen LogP contribution in [0, 0.1) is 12.0 Å². The highest BCUT2D eigenvalue weighted by atomic mass is 16.5. The summed E-state index contributed by atoms with van der Waals surface area (Å²) in [6.07, 6.45) is 7.43. The quantitative estimate of drug-likeness (QED) is 0.507.